The highest BCUT2D eigenvalue weighted by Crippen LogP contribution is 2.34. The molecule has 114 valence electrons. The van der Waals surface area contributed by atoms with Crippen molar-refractivity contribution in [1.29, 1.82) is 0 Å². The van der Waals surface area contributed by atoms with Crippen LogP contribution >= 0.6 is 0 Å². The van der Waals surface area contributed by atoms with E-state index in [9.17, 15) is 9.90 Å². The van der Waals surface area contributed by atoms with Crippen LogP contribution in [0.1, 0.15) is 16.7 Å². The largest absolute Gasteiger partial charge is 0.508 e. The van der Waals surface area contributed by atoms with Gasteiger partial charge in [0.15, 0.2) is 0 Å². The zero-order valence-electron chi connectivity index (χ0n) is 12.5. The SMILES string of the molecule is Cc1ccc2c(c1)Cc1c(nc(-c3ccc(O)cc3)[nH]c1=O)O2. The lowest BCUT2D eigenvalue weighted by molar-refractivity contribution is 0.438. The number of fused-ring (bicyclic) bond motifs is 2. The predicted octanol–water partition coefficient (Wildman–Crippen LogP) is 3.15. The van der Waals surface area contributed by atoms with Gasteiger partial charge < -0.3 is 14.8 Å². The zero-order chi connectivity index (χ0) is 16.0. The van der Waals surface area contributed by atoms with Gasteiger partial charge in [-0.1, -0.05) is 17.7 Å². The topological polar surface area (TPSA) is 75.2 Å². The normalized spacial score (nSPS) is 12.2. The maximum Gasteiger partial charge on any atom is 0.258 e. The third-order valence-corrected chi connectivity index (χ3v) is 3.91. The first-order chi connectivity index (χ1) is 11.1. The van der Waals surface area contributed by atoms with Crippen LogP contribution in [0.4, 0.5) is 0 Å². The van der Waals surface area contributed by atoms with Crippen LogP contribution in [0.15, 0.2) is 47.3 Å². The van der Waals surface area contributed by atoms with Crippen molar-refractivity contribution in [2.75, 3.05) is 0 Å². The summed E-state index contributed by atoms with van der Waals surface area (Å²) in [5.41, 5.74) is 3.15. The van der Waals surface area contributed by atoms with E-state index in [4.69, 9.17) is 4.74 Å². The van der Waals surface area contributed by atoms with E-state index in [0.717, 1.165) is 16.9 Å². The molecule has 5 heteroatoms. The molecule has 0 amide bonds. The highest BCUT2D eigenvalue weighted by molar-refractivity contribution is 5.58. The van der Waals surface area contributed by atoms with E-state index in [2.05, 4.69) is 9.97 Å². The molecule has 0 saturated carbocycles. The van der Waals surface area contributed by atoms with Gasteiger partial charge in [-0.15, -0.1) is 0 Å². The fourth-order valence-corrected chi connectivity index (χ4v) is 2.71. The van der Waals surface area contributed by atoms with Crippen molar-refractivity contribution in [3.8, 4) is 28.8 Å². The van der Waals surface area contributed by atoms with Crippen molar-refractivity contribution < 1.29 is 9.84 Å². The average Bonchev–Trinajstić information content (AvgIpc) is 2.54. The number of aryl methyl sites for hydroxylation is 1. The van der Waals surface area contributed by atoms with Crippen molar-refractivity contribution in [2.24, 2.45) is 0 Å². The summed E-state index contributed by atoms with van der Waals surface area (Å²) in [5, 5.41) is 9.36. The number of rotatable bonds is 1. The van der Waals surface area contributed by atoms with Gasteiger partial charge in [-0.3, -0.25) is 4.79 Å². The Kier molecular flexibility index (Phi) is 2.94. The molecule has 1 aliphatic rings. The molecule has 2 heterocycles. The molecule has 23 heavy (non-hydrogen) atoms. The summed E-state index contributed by atoms with van der Waals surface area (Å²) in [6.07, 6.45) is 0.505. The van der Waals surface area contributed by atoms with Gasteiger partial charge in [0.25, 0.3) is 5.56 Å². The highest BCUT2D eigenvalue weighted by Gasteiger charge is 2.22. The smallest absolute Gasteiger partial charge is 0.258 e. The Balaban J connectivity index is 1.81. The first-order valence-electron chi connectivity index (χ1n) is 7.30. The summed E-state index contributed by atoms with van der Waals surface area (Å²) in [7, 11) is 0. The van der Waals surface area contributed by atoms with E-state index in [1.165, 1.54) is 0 Å². The predicted molar refractivity (Wildman–Crippen MR) is 86.0 cm³/mol. The maximum atomic E-state index is 12.4. The number of aromatic nitrogens is 2. The van der Waals surface area contributed by atoms with Crippen LogP contribution in [0.25, 0.3) is 11.4 Å². The molecular weight excluding hydrogens is 292 g/mol. The average molecular weight is 306 g/mol. The summed E-state index contributed by atoms with van der Waals surface area (Å²) in [4.78, 5) is 19.6. The Bertz CT molecular complexity index is 959. The van der Waals surface area contributed by atoms with E-state index in [0.29, 0.717) is 29.3 Å². The highest BCUT2D eigenvalue weighted by atomic mass is 16.5. The summed E-state index contributed by atoms with van der Waals surface area (Å²) >= 11 is 0. The van der Waals surface area contributed by atoms with Gasteiger partial charge in [-0.05, 0) is 42.8 Å². The van der Waals surface area contributed by atoms with Crippen molar-refractivity contribution in [2.45, 2.75) is 13.3 Å². The number of nitrogens with one attached hydrogen (secondary N) is 1. The molecule has 0 saturated heterocycles. The molecule has 1 aromatic heterocycles. The second-order valence-corrected chi connectivity index (χ2v) is 5.64. The first-order valence-corrected chi connectivity index (χ1v) is 7.30. The summed E-state index contributed by atoms with van der Waals surface area (Å²) in [6, 6.07) is 12.4. The molecule has 2 aromatic carbocycles. The van der Waals surface area contributed by atoms with Crippen LogP contribution < -0.4 is 10.3 Å². The molecule has 5 nitrogen and oxygen atoms in total. The maximum absolute atomic E-state index is 12.4. The lowest BCUT2D eigenvalue weighted by atomic mass is 10.0. The second-order valence-electron chi connectivity index (χ2n) is 5.64. The summed E-state index contributed by atoms with van der Waals surface area (Å²) in [5.74, 6) is 1.66. The van der Waals surface area contributed by atoms with E-state index >= 15 is 0 Å². The molecule has 0 fully saturated rings. The molecule has 2 N–H and O–H groups in total. The Morgan fingerprint density at radius 3 is 2.74 bits per heavy atom. The number of hydrogen-bond donors (Lipinski definition) is 2. The lowest BCUT2D eigenvalue weighted by Crippen LogP contribution is -2.20. The third-order valence-electron chi connectivity index (χ3n) is 3.91. The van der Waals surface area contributed by atoms with Crippen LogP contribution in [-0.4, -0.2) is 15.1 Å². The monoisotopic (exact) mass is 306 g/mol. The number of phenolic OH excluding ortho intramolecular Hbond substituents is 1. The zero-order valence-corrected chi connectivity index (χ0v) is 12.5. The van der Waals surface area contributed by atoms with E-state index in [1.807, 2.05) is 25.1 Å². The Labute approximate surface area is 132 Å². The minimum Gasteiger partial charge on any atom is -0.508 e. The standard InChI is InChI=1S/C18H14N2O3/c1-10-2-7-15-12(8-10)9-14-17(22)19-16(20-18(14)23-15)11-3-5-13(21)6-4-11/h2-8,21H,9H2,1H3,(H,19,20,22). The molecule has 1 aliphatic heterocycles. The van der Waals surface area contributed by atoms with Gasteiger partial charge in [0, 0.05) is 12.0 Å². The van der Waals surface area contributed by atoms with Crippen molar-refractivity contribution >= 4 is 0 Å². The van der Waals surface area contributed by atoms with Gasteiger partial charge in [-0.2, -0.15) is 4.98 Å². The Morgan fingerprint density at radius 1 is 1.17 bits per heavy atom. The molecule has 0 aliphatic carbocycles. The number of benzene rings is 2. The Hall–Kier alpha value is -3.08. The first kappa shape index (κ1) is 13.6. The summed E-state index contributed by atoms with van der Waals surface area (Å²) in [6.45, 7) is 2.01. The van der Waals surface area contributed by atoms with Gasteiger partial charge in [0.1, 0.15) is 17.3 Å². The van der Waals surface area contributed by atoms with Gasteiger partial charge in [0.05, 0.1) is 5.56 Å². The second kappa shape index (κ2) is 4.98. The number of hydrogen-bond acceptors (Lipinski definition) is 4. The Morgan fingerprint density at radius 2 is 1.96 bits per heavy atom. The van der Waals surface area contributed by atoms with Gasteiger partial charge in [-0.25, -0.2) is 0 Å². The number of phenols is 1. The van der Waals surface area contributed by atoms with Crippen LogP contribution in [0.2, 0.25) is 0 Å². The number of aromatic hydroxyl groups is 1. The molecule has 4 rings (SSSR count). The van der Waals surface area contributed by atoms with Gasteiger partial charge in [0.2, 0.25) is 5.88 Å². The number of aromatic amines is 1. The van der Waals surface area contributed by atoms with E-state index < -0.39 is 0 Å². The molecular formula is C18H14N2O3. The van der Waals surface area contributed by atoms with Crippen molar-refractivity contribution in [3.63, 3.8) is 0 Å². The summed E-state index contributed by atoms with van der Waals surface area (Å²) < 4.78 is 5.82. The molecule has 0 radical (unpaired) electrons. The van der Waals surface area contributed by atoms with Crippen LogP contribution in [-0.2, 0) is 6.42 Å². The fraction of sp³-hybridized carbons (Fsp3) is 0.111. The minimum absolute atomic E-state index is 0.162. The quantitative estimate of drug-likeness (QED) is 0.566. The molecule has 0 bridgehead atoms. The van der Waals surface area contributed by atoms with Crippen molar-refractivity contribution in [3.05, 3.63) is 69.5 Å². The van der Waals surface area contributed by atoms with Crippen LogP contribution in [0.3, 0.4) is 0 Å². The number of nitrogens with zero attached hydrogens (tertiary/aromatic N) is 1. The molecule has 0 unspecified atom stereocenters. The molecule has 0 spiro atoms. The van der Waals surface area contributed by atoms with Gasteiger partial charge >= 0.3 is 0 Å². The lowest BCUT2D eigenvalue weighted by Gasteiger charge is -2.19. The van der Waals surface area contributed by atoms with Crippen LogP contribution in [0.5, 0.6) is 17.4 Å². The number of H-pyrrole nitrogens is 1. The number of ether oxygens (including phenoxy) is 1. The van der Waals surface area contributed by atoms with Crippen molar-refractivity contribution in [1.82, 2.24) is 9.97 Å². The van der Waals surface area contributed by atoms with Crippen LogP contribution in [0, 0.1) is 6.92 Å². The van der Waals surface area contributed by atoms with E-state index in [1.54, 1.807) is 24.3 Å². The molecule has 0 atom stereocenters. The minimum atomic E-state index is -0.203. The fourth-order valence-electron chi connectivity index (χ4n) is 2.71. The van der Waals surface area contributed by atoms with E-state index in [-0.39, 0.29) is 11.3 Å². The third kappa shape index (κ3) is 2.36. The molecule has 3 aromatic rings.